The quantitative estimate of drug-likeness (QED) is 0.431. The topological polar surface area (TPSA) is 79.8 Å². The summed E-state index contributed by atoms with van der Waals surface area (Å²) >= 11 is 2.63. The highest BCUT2D eigenvalue weighted by Crippen LogP contribution is 2.33. The molecule has 0 N–H and O–H groups in total. The van der Waals surface area contributed by atoms with Gasteiger partial charge in [0.15, 0.2) is 15.0 Å². The number of rotatable bonds is 8. The maximum atomic E-state index is 13.3. The van der Waals surface area contributed by atoms with Crippen LogP contribution in [-0.4, -0.2) is 75.6 Å². The third kappa shape index (κ3) is 6.10. The molecule has 2 aromatic carbocycles. The fourth-order valence-corrected chi connectivity index (χ4v) is 6.18. The molecule has 0 radical (unpaired) electrons. The minimum Gasteiger partial charge on any atom is -0.379 e. The minimum absolute atomic E-state index is 0.141. The molecule has 1 aromatic heterocycles. The summed E-state index contributed by atoms with van der Waals surface area (Å²) < 4.78 is 43.7. The first-order chi connectivity index (χ1) is 15.8. The number of carbonyl (C=O) groups is 1. The second-order valence-corrected chi connectivity index (χ2v) is 11.7. The van der Waals surface area contributed by atoms with Gasteiger partial charge in [-0.3, -0.25) is 14.6 Å². The Morgan fingerprint density at radius 2 is 1.94 bits per heavy atom. The Bertz CT molecular complexity index is 1230. The first-order valence-corrected chi connectivity index (χ1v) is 14.1. The highest BCUT2D eigenvalue weighted by Gasteiger charge is 2.24. The van der Waals surface area contributed by atoms with Crippen molar-refractivity contribution in [1.82, 2.24) is 9.88 Å². The van der Waals surface area contributed by atoms with Crippen molar-refractivity contribution < 1.29 is 22.3 Å². The van der Waals surface area contributed by atoms with Crippen LogP contribution in [0.15, 0.2) is 52.3 Å². The predicted octanol–water partition coefficient (Wildman–Crippen LogP) is 3.30. The van der Waals surface area contributed by atoms with Crippen LogP contribution in [0.4, 0.5) is 9.52 Å². The van der Waals surface area contributed by atoms with Crippen molar-refractivity contribution in [2.75, 3.05) is 56.3 Å². The molecule has 0 saturated carbocycles. The van der Waals surface area contributed by atoms with Crippen LogP contribution in [0, 0.1) is 5.82 Å². The molecular formula is C22H24FN3O4S3. The SMILES string of the molecule is CS(=O)(=O)c1cccc2sc(N(CCN3CCOCC3)C(=O)CSc3ccc(F)cc3)nc12. The van der Waals surface area contributed by atoms with Crippen LogP contribution >= 0.6 is 23.1 Å². The zero-order chi connectivity index (χ0) is 23.4. The number of para-hydroxylation sites is 1. The van der Waals surface area contributed by atoms with E-state index in [1.165, 1.54) is 41.3 Å². The van der Waals surface area contributed by atoms with Crippen LogP contribution in [0.25, 0.3) is 10.2 Å². The first kappa shape index (κ1) is 24.1. The molecule has 1 amide bonds. The summed E-state index contributed by atoms with van der Waals surface area (Å²) in [7, 11) is -3.46. The summed E-state index contributed by atoms with van der Waals surface area (Å²) in [5.74, 6) is -0.310. The molecule has 1 aliphatic rings. The molecule has 0 bridgehead atoms. The molecule has 176 valence electrons. The molecule has 0 spiro atoms. The van der Waals surface area contributed by atoms with Crippen molar-refractivity contribution in [3.05, 3.63) is 48.3 Å². The molecule has 0 aliphatic carbocycles. The van der Waals surface area contributed by atoms with E-state index in [1.807, 2.05) is 6.07 Å². The molecule has 11 heteroatoms. The van der Waals surface area contributed by atoms with Gasteiger partial charge in [0, 0.05) is 37.3 Å². The first-order valence-electron chi connectivity index (χ1n) is 10.4. The van der Waals surface area contributed by atoms with E-state index in [2.05, 4.69) is 9.88 Å². The number of nitrogens with zero attached hydrogens (tertiary/aromatic N) is 3. The molecule has 7 nitrogen and oxygen atoms in total. The number of benzene rings is 2. The van der Waals surface area contributed by atoms with E-state index in [1.54, 1.807) is 23.1 Å². The van der Waals surface area contributed by atoms with E-state index in [0.29, 0.717) is 41.7 Å². The standard InChI is InChI=1S/C22H24FN3O4S3/c1-33(28,29)19-4-2-3-18-21(19)24-22(32-18)26(10-9-25-11-13-30-14-12-25)20(27)15-31-17-7-5-16(23)6-8-17/h2-8H,9-15H2,1H3. The molecule has 2 heterocycles. The van der Waals surface area contributed by atoms with Crippen molar-refractivity contribution in [1.29, 1.82) is 0 Å². The van der Waals surface area contributed by atoms with Gasteiger partial charge in [0.1, 0.15) is 11.3 Å². The summed E-state index contributed by atoms with van der Waals surface area (Å²) in [4.78, 5) is 22.6. The Hall–Kier alpha value is -2.05. The van der Waals surface area contributed by atoms with Crippen LogP contribution < -0.4 is 4.90 Å². The highest BCUT2D eigenvalue weighted by molar-refractivity contribution is 8.00. The Morgan fingerprint density at radius 1 is 1.21 bits per heavy atom. The van der Waals surface area contributed by atoms with Crippen molar-refractivity contribution in [2.24, 2.45) is 0 Å². The lowest BCUT2D eigenvalue weighted by molar-refractivity contribution is -0.116. The summed E-state index contributed by atoms with van der Waals surface area (Å²) in [5.41, 5.74) is 0.385. The Labute approximate surface area is 200 Å². The zero-order valence-corrected chi connectivity index (χ0v) is 20.5. The molecule has 1 aliphatic heterocycles. The van der Waals surface area contributed by atoms with Gasteiger partial charge in [-0.05, 0) is 36.4 Å². The zero-order valence-electron chi connectivity index (χ0n) is 18.1. The van der Waals surface area contributed by atoms with Gasteiger partial charge in [-0.15, -0.1) is 11.8 Å². The minimum atomic E-state index is -3.46. The van der Waals surface area contributed by atoms with Crippen molar-refractivity contribution in [3.63, 3.8) is 0 Å². The van der Waals surface area contributed by atoms with Gasteiger partial charge < -0.3 is 4.74 Å². The van der Waals surface area contributed by atoms with Gasteiger partial charge in [0.05, 0.1) is 28.6 Å². The maximum Gasteiger partial charge on any atom is 0.239 e. The number of hydrogen-bond acceptors (Lipinski definition) is 8. The van der Waals surface area contributed by atoms with Gasteiger partial charge >= 0.3 is 0 Å². The summed E-state index contributed by atoms with van der Waals surface area (Å²) in [6, 6.07) is 11.0. The number of halogens is 1. The number of anilines is 1. The molecule has 0 atom stereocenters. The van der Waals surface area contributed by atoms with Gasteiger partial charge in [0.25, 0.3) is 0 Å². The third-order valence-corrected chi connectivity index (χ3v) is 8.39. The van der Waals surface area contributed by atoms with Crippen molar-refractivity contribution in [3.8, 4) is 0 Å². The van der Waals surface area contributed by atoms with Gasteiger partial charge in [-0.25, -0.2) is 17.8 Å². The average molecular weight is 510 g/mol. The highest BCUT2D eigenvalue weighted by atomic mass is 32.2. The van der Waals surface area contributed by atoms with E-state index in [-0.39, 0.29) is 22.4 Å². The van der Waals surface area contributed by atoms with Gasteiger partial charge in [0.2, 0.25) is 5.91 Å². The largest absolute Gasteiger partial charge is 0.379 e. The second-order valence-electron chi connectivity index (χ2n) is 7.61. The van der Waals surface area contributed by atoms with E-state index < -0.39 is 9.84 Å². The third-order valence-electron chi connectivity index (χ3n) is 5.22. The molecule has 33 heavy (non-hydrogen) atoms. The Morgan fingerprint density at radius 3 is 2.64 bits per heavy atom. The van der Waals surface area contributed by atoms with E-state index in [0.717, 1.165) is 24.2 Å². The lowest BCUT2D eigenvalue weighted by Crippen LogP contribution is -2.43. The number of morpholine rings is 1. The Balaban J connectivity index is 1.58. The number of aromatic nitrogens is 1. The van der Waals surface area contributed by atoms with Gasteiger partial charge in [-0.1, -0.05) is 17.4 Å². The van der Waals surface area contributed by atoms with Crippen molar-refractivity contribution >= 4 is 54.2 Å². The number of sulfone groups is 1. The second kappa shape index (κ2) is 10.5. The van der Waals surface area contributed by atoms with Crippen LogP contribution in [0.2, 0.25) is 0 Å². The molecule has 1 fully saturated rings. The number of amides is 1. The monoisotopic (exact) mass is 509 g/mol. The Kier molecular flexibility index (Phi) is 7.65. The average Bonchev–Trinajstić information content (AvgIpc) is 3.22. The number of thiazole rings is 1. The fraction of sp³-hybridized carbons (Fsp3) is 0.364. The predicted molar refractivity (Wildman–Crippen MR) is 129 cm³/mol. The number of carbonyl (C=O) groups excluding carboxylic acids is 1. The van der Waals surface area contributed by atoms with Crippen molar-refractivity contribution in [2.45, 2.75) is 9.79 Å². The van der Waals surface area contributed by atoms with Crippen LogP contribution in [0.3, 0.4) is 0 Å². The molecule has 1 saturated heterocycles. The van der Waals surface area contributed by atoms with E-state index >= 15 is 0 Å². The lowest BCUT2D eigenvalue weighted by atomic mass is 10.3. The van der Waals surface area contributed by atoms with E-state index in [4.69, 9.17) is 4.74 Å². The molecule has 0 unspecified atom stereocenters. The molecule has 4 rings (SSSR count). The number of hydrogen-bond donors (Lipinski definition) is 0. The molecule has 3 aromatic rings. The smallest absolute Gasteiger partial charge is 0.239 e. The fourth-order valence-electron chi connectivity index (χ4n) is 3.47. The summed E-state index contributed by atoms with van der Waals surface area (Å²) in [5, 5.41) is 0.471. The van der Waals surface area contributed by atoms with Gasteiger partial charge in [-0.2, -0.15) is 0 Å². The number of ether oxygens (including phenoxy) is 1. The summed E-state index contributed by atoms with van der Waals surface area (Å²) in [6.45, 7) is 4.00. The van der Waals surface area contributed by atoms with E-state index in [9.17, 15) is 17.6 Å². The maximum absolute atomic E-state index is 13.3. The number of fused-ring (bicyclic) bond motifs is 1. The lowest BCUT2D eigenvalue weighted by Gasteiger charge is -2.29. The molecular weight excluding hydrogens is 485 g/mol. The van der Waals surface area contributed by atoms with Crippen LogP contribution in [-0.2, 0) is 19.4 Å². The summed E-state index contributed by atoms with van der Waals surface area (Å²) in [6.07, 6.45) is 1.15. The normalized spacial score (nSPS) is 15.1. The van der Waals surface area contributed by atoms with Crippen LogP contribution in [0.1, 0.15) is 0 Å². The number of thioether (sulfide) groups is 1. The van der Waals surface area contributed by atoms with Crippen LogP contribution in [0.5, 0.6) is 0 Å².